The maximum atomic E-state index is 12.7. The average molecular weight is 490 g/mol. The molecule has 11 heteroatoms. The first-order chi connectivity index (χ1) is 15.9. The number of nitrogens with zero attached hydrogens (tertiary/aromatic N) is 5. The van der Waals surface area contributed by atoms with Crippen molar-refractivity contribution in [1.82, 2.24) is 24.6 Å². The van der Waals surface area contributed by atoms with Gasteiger partial charge >= 0.3 is 0 Å². The van der Waals surface area contributed by atoms with E-state index in [4.69, 9.17) is 16.3 Å². The predicted octanol–water partition coefficient (Wildman–Crippen LogP) is 1.86. The van der Waals surface area contributed by atoms with E-state index in [-0.39, 0.29) is 23.5 Å². The summed E-state index contributed by atoms with van der Waals surface area (Å²) in [6.45, 7) is 1.62. The van der Waals surface area contributed by atoms with E-state index in [1.807, 2.05) is 23.7 Å². The van der Waals surface area contributed by atoms with Crippen molar-refractivity contribution in [1.29, 1.82) is 0 Å². The van der Waals surface area contributed by atoms with Gasteiger partial charge in [-0.2, -0.15) is 0 Å². The summed E-state index contributed by atoms with van der Waals surface area (Å²) in [4.78, 5) is 18.3. The monoisotopic (exact) mass is 489 g/mol. The highest BCUT2D eigenvalue weighted by Crippen LogP contribution is 2.29. The van der Waals surface area contributed by atoms with Gasteiger partial charge in [-0.15, -0.1) is 10.2 Å². The molecule has 0 amide bonds. The molecule has 4 rings (SSSR count). The number of aliphatic hydroxyl groups is 2. The minimum atomic E-state index is -2.16. The van der Waals surface area contributed by atoms with Crippen LogP contribution in [-0.2, 0) is 28.9 Å². The Balaban J connectivity index is 1.42. The molecular formula is C22H24ClN5O4S. The van der Waals surface area contributed by atoms with Gasteiger partial charge in [-0.25, -0.2) is 4.90 Å². The largest absolute Gasteiger partial charge is 0.379 e. The van der Waals surface area contributed by atoms with Gasteiger partial charge in [0, 0.05) is 55.1 Å². The number of ketones is 1. The first-order valence-electron chi connectivity index (χ1n) is 10.4. The van der Waals surface area contributed by atoms with E-state index in [2.05, 4.69) is 15.2 Å². The third-order valence-electron chi connectivity index (χ3n) is 5.39. The van der Waals surface area contributed by atoms with Crippen molar-refractivity contribution >= 4 is 29.1 Å². The van der Waals surface area contributed by atoms with Crippen molar-refractivity contribution in [2.45, 2.75) is 17.5 Å². The number of halogens is 1. The summed E-state index contributed by atoms with van der Waals surface area (Å²) in [5.41, 5.74) is 1.64. The Labute approximate surface area is 200 Å². The van der Waals surface area contributed by atoms with E-state index < -0.39 is 5.91 Å². The summed E-state index contributed by atoms with van der Waals surface area (Å²) in [6.07, 6.45) is 3.46. The Morgan fingerprint density at radius 2 is 2.03 bits per heavy atom. The molecule has 1 aliphatic heterocycles. The highest BCUT2D eigenvalue weighted by Gasteiger charge is 2.35. The molecule has 1 fully saturated rings. The Morgan fingerprint density at radius 3 is 2.76 bits per heavy atom. The van der Waals surface area contributed by atoms with Crippen LogP contribution in [0, 0.1) is 0 Å². The van der Waals surface area contributed by atoms with E-state index in [9.17, 15) is 15.0 Å². The molecule has 0 bridgehead atoms. The van der Waals surface area contributed by atoms with E-state index in [1.54, 1.807) is 30.6 Å². The molecule has 0 atom stereocenters. The van der Waals surface area contributed by atoms with Crippen molar-refractivity contribution in [2.24, 2.45) is 7.05 Å². The van der Waals surface area contributed by atoms with Crippen molar-refractivity contribution in [2.75, 3.05) is 32.1 Å². The lowest BCUT2D eigenvalue weighted by atomic mass is 10.0. The number of aromatic nitrogens is 4. The molecule has 0 saturated carbocycles. The number of thioether (sulfide) groups is 1. The Bertz CT molecular complexity index is 1120. The second kappa shape index (κ2) is 10.3. The third kappa shape index (κ3) is 5.43. The lowest BCUT2D eigenvalue weighted by Gasteiger charge is -2.37. The molecule has 9 nitrogen and oxygen atoms in total. The zero-order valence-electron chi connectivity index (χ0n) is 18.0. The first-order valence-corrected chi connectivity index (χ1v) is 11.7. The minimum absolute atomic E-state index is 0.0617. The van der Waals surface area contributed by atoms with Crippen molar-refractivity contribution < 1.29 is 19.7 Å². The quantitative estimate of drug-likeness (QED) is 0.361. The zero-order valence-corrected chi connectivity index (χ0v) is 19.6. The first kappa shape index (κ1) is 23.8. The lowest BCUT2D eigenvalue weighted by molar-refractivity contribution is -0.286. The Kier molecular flexibility index (Phi) is 7.42. The topological polar surface area (TPSA) is 114 Å². The number of carbonyl (C=O) groups excluding carboxylic acids is 1. The van der Waals surface area contributed by atoms with E-state index in [0.717, 1.165) is 5.56 Å². The minimum Gasteiger partial charge on any atom is -0.379 e. The highest BCUT2D eigenvalue weighted by molar-refractivity contribution is 7.99. The Morgan fingerprint density at radius 1 is 1.24 bits per heavy atom. The summed E-state index contributed by atoms with van der Waals surface area (Å²) in [7, 11) is 1.84. The summed E-state index contributed by atoms with van der Waals surface area (Å²) in [5, 5.41) is 30.8. The normalized spacial score (nSPS) is 15.0. The smallest absolute Gasteiger partial charge is 0.253 e. The van der Waals surface area contributed by atoms with Gasteiger partial charge in [0.25, 0.3) is 5.91 Å². The maximum Gasteiger partial charge on any atom is 0.253 e. The van der Waals surface area contributed by atoms with Crippen molar-refractivity contribution in [3.63, 3.8) is 0 Å². The molecule has 1 saturated heterocycles. The fourth-order valence-electron chi connectivity index (χ4n) is 3.57. The van der Waals surface area contributed by atoms with Gasteiger partial charge in [0.2, 0.25) is 0 Å². The molecule has 33 heavy (non-hydrogen) atoms. The van der Waals surface area contributed by atoms with E-state index in [1.165, 1.54) is 16.7 Å². The number of pyridine rings is 1. The van der Waals surface area contributed by atoms with Crippen molar-refractivity contribution in [3.8, 4) is 11.4 Å². The third-order valence-corrected chi connectivity index (χ3v) is 6.84. The van der Waals surface area contributed by atoms with Crippen molar-refractivity contribution in [3.05, 3.63) is 58.9 Å². The number of rotatable bonds is 8. The number of ether oxygens (including phenoxy) is 1. The number of carbonyl (C=O) groups is 1. The fraction of sp³-hybridized carbons (Fsp3) is 0.364. The van der Waals surface area contributed by atoms with Crippen LogP contribution in [0.3, 0.4) is 0 Å². The Hall–Kier alpha value is -2.34. The van der Waals surface area contributed by atoms with Crippen LogP contribution in [-0.4, -0.2) is 72.7 Å². The molecule has 2 aromatic heterocycles. The summed E-state index contributed by atoms with van der Waals surface area (Å²) in [5.74, 6) is -1.40. The zero-order chi connectivity index (χ0) is 23.4. The van der Waals surface area contributed by atoms with Gasteiger partial charge in [0.15, 0.2) is 11.0 Å². The molecule has 3 aromatic rings. The molecular weight excluding hydrogens is 466 g/mol. The SMILES string of the molecule is Cn1c(SCC(=O)Cc2cc(C(O)(O)N3CCOCC3)ccc2Cl)nnc1-c1cccnc1. The summed E-state index contributed by atoms with van der Waals surface area (Å²) >= 11 is 7.59. The van der Waals surface area contributed by atoms with Gasteiger partial charge in [-0.1, -0.05) is 29.4 Å². The van der Waals surface area contributed by atoms with Crippen LogP contribution in [0.4, 0.5) is 0 Å². The fourth-order valence-corrected chi connectivity index (χ4v) is 4.53. The highest BCUT2D eigenvalue weighted by atomic mass is 35.5. The molecule has 0 aliphatic carbocycles. The second-order valence-electron chi connectivity index (χ2n) is 7.65. The molecule has 1 aromatic carbocycles. The van der Waals surface area contributed by atoms with Crippen LogP contribution in [0.5, 0.6) is 0 Å². The van der Waals surface area contributed by atoms with Gasteiger partial charge in [0.05, 0.1) is 19.0 Å². The number of Topliss-reactive ketones (excluding diaryl/α,β-unsaturated/α-hetero) is 1. The van der Waals surface area contributed by atoms with Crippen LogP contribution < -0.4 is 0 Å². The molecule has 0 spiro atoms. The van der Waals surface area contributed by atoms with Crippen LogP contribution in [0.25, 0.3) is 11.4 Å². The molecule has 2 N–H and O–H groups in total. The maximum absolute atomic E-state index is 12.7. The number of benzene rings is 1. The summed E-state index contributed by atoms with van der Waals surface area (Å²) < 4.78 is 7.09. The van der Waals surface area contributed by atoms with Gasteiger partial charge in [-0.3, -0.25) is 9.78 Å². The molecule has 3 heterocycles. The predicted molar refractivity (Wildman–Crippen MR) is 124 cm³/mol. The number of morpholine rings is 1. The number of hydrogen-bond donors (Lipinski definition) is 2. The molecule has 0 unspecified atom stereocenters. The van der Waals surface area contributed by atoms with Crippen LogP contribution in [0.15, 0.2) is 47.9 Å². The van der Waals surface area contributed by atoms with Gasteiger partial charge < -0.3 is 19.5 Å². The van der Waals surface area contributed by atoms with Crippen LogP contribution in [0.2, 0.25) is 5.02 Å². The summed E-state index contributed by atoms with van der Waals surface area (Å²) in [6, 6.07) is 8.43. The molecule has 174 valence electrons. The van der Waals surface area contributed by atoms with E-state index >= 15 is 0 Å². The number of hydrogen-bond acceptors (Lipinski definition) is 9. The van der Waals surface area contributed by atoms with Gasteiger partial charge in [0.1, 0.15) is 5.78 Å². The average Bonchev–Trinajstić information content (AvgIpc) is 3.20. The molecule has 1 aliphatic rings. The van der Waals surface area contributed by atoms with Crippen LogP contribution in [0.1, 0.15) is 11.1 Å². The second-order valence-corrected chi connectivity index (χ2v) is 9.00. The standard InChI is InChI=1S/C22H24ClN5O4S/c1-27-20(15-3-2-6-24-13-15)25-26-21(27)33-14-18(29)12-16-11-17(4-5-19(16)23)22(30,31)28-7-9-32-10-8-28/h2-6,11,13,30-31H,7-10,12,14H2,1H3. The molecule has 0 radical (unpaired) electrons. The van der Waals surface area contributed by atoms with Gasteiger partial charge in [-0.05, 0) is 29.8 Å². The van der Waals surface area contributed by atoms with E-state index in [0.29, 0.717) is 47.9 Å². The lowest BCUT2D eigenvalue weighted by Crippen LogP contribution is -2.51. The van der Waals surface area contributed by atoms with Crippen LogP contribution >= 0.6 is 23.4 Å².